The van der Waals surface area contributed by atoms with Crippen LogP contribution >= 0.6 is 11.6 Å². The van der Waals surface area contributed by atoms with Crippen molar-refractivity contribution in [2.24, 2.45) is 5.14 Å². The first-order valence-electron chi connectivity index (χ1n) is 9.22. The molecule has 0 amide bonds. The van der Waals surface area contributed by atoms with Gasteiger partial charge in [-0.05, 0) is 59.5 Å². The Morgan fingerprint density at radius 1 is 1.03 bits per heavy atom. The number of hydrogen-bond donors (Lipinski definition) is 1. The van der Waals surface area contributed by atoms with E-state index in [-0.39, 0.29) is 4.90 Å². The van der Waals surface area contributed by atoms with Crippen LogP contribution in [0.5, 0.6) is 5.75 Å². The fourth-order valence-electron chi connectivity index (χ4n) is 3.35. The molecule has 30 heavy (non-hydrogen) atoms. The van der Waals surface area contributed by atoms with E-state index in [1.165, 1.54) is 12.1 Å². The first-order chi connectivity index (χ1) is 14.3. The minimum Gasteiger partial charge on any atom is -0.489 e. The lowest BCUT2D eigenvalue weighted by molar-refractivity contribution is 0.306. The summed E-state index contributed by atoms with van der Waals surface area (Å²) >= 11 is 6.32. The number of sulfonamides is 1. The Kier molecular flexibility index (Phi) is 5.47. The SMILES string of the molecule is Cc1cnc2c(Cl)cccc2c1-c1cccc(OCc2ccc(S(N)(=O)=O)cc2)c1. The molecule has 0 unspecified atom stereocenters. The van der Waals surface area contributed by atoms with Gasteiger partial charge >= 0.3 is 0 Å². The van der Waals surface area contributed by atoms with Crippen LogP contribution in [0, 0.1) is 6.92 Å². The zero-order valence-electron chi connectivity index (χ0n) is 16.2. The maximum absolute atomic E-state index is 11.4. The van der Waals surface area contributed by atoms with Crippen molar-refractivity contribution in [2.75, 3.05) is 0 Å². The highest BCUT2D eigenvalue weighted by atomic mass is 35.5. The van der Waals surface area contributed by atoms with Crippen LogP contribution in [0.4, 0.5) is 0 Å². The minimum absolute atomic E-state index is 0.0759. The number of aryl methyl sites for hydroxylation is 1. The van der Waals surface area contributed by atoms with E-state index in [1.807, 2.05) is 55.6 Å². The van der Waals surface area contributed by atoms with Crippen molar-refractivity contribution in [3.05, 3.63) is 89.1 Å². The maximum Gasteiger partial charge on any atom is 0.238 e. The summed E-state index contributed by atoms with van der Waals surface area (Å²) in [6.07, 6.45) is 1.82. The molecular formula is C23H19ClN2O3S. The fourth-order valence-corrected chi connectivity index (χ4v) is 4.09. The van der Waals surface area contributed by atoms with Gasteiger partial charge in [0.05, 0.1) is 15.4 Å². The quantitative estimate of drug-likeness (QED) is 0.470. The molecule has 0 aliphatic carbocycles. The summed E-state index contributed by atoms with van der Waals surface area (Å²) in [6.45, 7) is 2.32. The topological polar surface area (TPSA) is 82.3 Å². The van der Waals surface area contributed by atoms with Crippen molar-refractivity contribution in [3.8, 4) is 16.9 Å². The molecule has 0 atom stereocenters. The molecule has 152 valence electrons. The van der Waals surface area contributed by atoms with Crippen molar-refractivity contribution in [1.29, 1.82) is 0 Å². The van der Waals surface area contributed by atoms with Crippen LogP contribution in [0.25, 0.3) is 22.0 Å². The average Bonchev–Trinajstić information content (AvgIpc) is 2.72. The number of primary sulfonamides is 1. The van der Waals surface area contributed by atoms with Crippen LogP contribution in [-0.2, 0) is 16.6 Å². The maximum atomic E-state index is 11.4. The van der Waals surface area contributed by atoms with Gasteiger partial charge in [0.25, 0.3) is 0 Å². The molecule has 1 aromatic heterocycles. The third kappa shape index (κ3) is 4.16. The van der Waals surface area contributed by atoms with Gasteiger partial charge in [-0.15, -0.1) is 0 Å². The van der Waals surface area contributed by atoms with E-state index in [0.717, 1.165) is 33.2 Å². The molecule has 0 spiro atoms. The second-order valence-electron chi connectivity index (χ2n) is 6.96. The molecule has 0 saturated heterocycles. The highest BCUT2D eigenvalue weighted by Gasteiger charge is 2.12. The van der Waals surface area contributed by atoms with Gasteiger partial charge in [0, 0.05) is 11.6 Å². The number of benzene rings is 3. The average molecular weight is 439 g/mol. The lowest BCUT2D eigenvalue weighted by Crippen LogP contribution is -2.12. The molecule has 0 aliphatic heterocycles. The largest absolute Gasteiger partial charge is 0.489 e. The lowest BCUT2D eigenvalue weighted by atomic mass is 9.97. The molecule has 0 aliphatic rings. The third-order valence-electron chi connectivity index (χ3n) is 4.82. The van der Waals surface area contributed by atoms with E-state index < -0.39 is 10.0 Å². The molecule has 0 saturated carbocycles. The van der Waals surface area contributed by atoms with Gasteiger partial charge in [0.1, 0.15) is 12.4 Å². The summed E-state index contributed by atoms with van der Waals surface area (Å²) in [6, 6.07) is 19.9. The number of fused-ring (bicyclic) bond motifs is 1. The van der Waals surface area contributed by atoms with Crippen molar-refractivity contribution >= 4 is 32.5 Å². The Balaban J connectivity index is 1.62. The highest BCUT2D eigenvalue weighted by Crippen LogP contribution is 2.35. The van der Waals surface area contributed by atoms with E-state index in [4.69, 9.17) is 21.5 Å². The number of rotatable bonds is 5. The van der Waals surface area contributed by atoms with E-state index >= 15 is 0 Å². The molecule has 0 fully saturated rings. The van der Waals surface area contributed by atoms with Gasteiger partial charge < -0.3 is 4.74 Å². The number of nitrogens with zero attached hydrogens (tertiary/aromatic N) is 1. The fraction of sp³-hybridized carbons (Fsp3) is 0.0870. The van der Waals surface area contributed by atoms with Gasteiger partial charge in [-0.3, -0.25) is 4.98 Å². The molecule has 4 rings (SSSR count). The van der Waals surface area contributed by atoms with Crippen molar-refractivity contribution in [3.63, 3.8) is 0 Å². The van der Waals surface area contributed by atoms with Crippen molar-refractivity contribution < 1.29 is 13.2 Å². The molecule has 7 heteroatoms. The standard InChI is InChI=1S/C23H19ClN2O3S/c1-15-13-26-23-20(6-3-7-21(23)24)22(15)17-4-2-5-18(12-17)29-14-16-8-10-19(11-9-16)30(25,27)28/h2-13H,14H2,1H3,(H2,25,27,28). The normalized spacial score (nSPS) is 11.6. The number of nitrogens with two attached hydrogens (primary N) is 1. The summed E-state index contributed by atoms with van der Waals surface area (Å²) in [5.74, 6) is 0.703. The molecule has 1 heterocycles. The number of hydrogen-bond acceptors (Lipinski definition) is 4. The summed E-state index contributed by atoms with van der Waals surface area (Å²) in [7, 11) is -3.70. The Labute approximate surface area is 180 Å². The zero-order valence-corrected chi connectivity index (χ0v) is 17.7. The Morgan fingerprint density at radius 3 is 2.50 bits per heavy atom. The van der Waals surface area contributed by atoms with Gasteiger partial charge in [0.2, 0.25) is 10.0 Å². The molecule has 2 N–H and O–H groups in total. The van der Waals surface area contributed by atoms with Crippen LogP contribution < -0.4 is 9.88 Å². The van der Waals surface area contributed by atoms with Crippen LogP contribution in [0.1, 0.15) is 11.1 Å². The zero-order chi connectivity index (χ0) is 21.3. The molecule has 0 bridgehead atoms. The summed E-state index contributed by atoms with van der Waals surface area (Å²) in [5.41, 5.74) is 4.71. The van der Waals surface area contributed by atoms with Gasteiger partial charge in [0.15, 0.2) is 0 Å². The minimum atomic E-state index is -3.70. The van der Waals surface area contributed by atoms with Crippen LogP contribution in [0.15, 0.2) is 77.8 Å². The predicted molar refractivity (Wildman–Crippen MR) is 119 cm³/mol. The summed E-state index contributed by atoms with van der Waals surface area (Å²) in [5, 5.41) is 6.73. The van der Waals surface area contributed by atoms with Crippen LogP contribution in [0.3, 0.4) is 0 Å². The number of para-hydroxylation sites is 1. The van der Waals surface area contributed by atoms with Crippen LogP contribution in [-0.4, -0.2) is 13.4 Å². The second kappa shape index (κ2) is 8.07. The van der Waals surface area contributed by atoms with Gasteiger partial charge in [-0.25, -0.2) is 13.6 Å². The number of pyridine rings is 1. The molecule has 5 nitrogen and oxygen atoms in total. The Morgan fingerprint density at radius 2 is 1.77 bits per heavy atom. The second-order valence-corrected chi connectivity index (χ2v) is 8.93. The first-order valence-corrected chi connectivity index (χ1v) is 11.1. The number of ether oxygens (including phenoxy) is 1. The molecule has 4 aromatic rings. The Hall–Kier alpha value is -2.93. The lowest BCUT2D eigenvalue weighted by Gasteiger charge is -2.13. The summed E-state index contributed by atoms with van der Waals surface area (Å²) in [4.78, 5) is 4.55. The van der Waals surface area contributed by atoms with Gasteiger partial charge in [-0.2, -0.15) is 0 Å². The van der Waals surface area contributed by atoms with Crippen molar-refractivity contribution in [1.82, 2.24) is 4.98 Å². The van der Waals surface area contributed by atoms with E-state index in [0.29, 0.717) is 17.4 Å². The smallest absolute Gasteiger partial charge is 0.238 e. The molecular weight excluding hydrogens is 420 g/mol. The third-order valence-corrected chi connectivity index (χ3v) is 6.05. The van der Waals surface area contributed by atoms with Crippen LogP contribution in [0.2, 0.25) is 5.02 Å². The number of aromatic nitrogens is 1. The first kappa shape index (κ1) is 20.3. The molecule has 0 radical (unpaired) electrons. The monoisotopic (exact) mass is 438 g/mol. The Bertz CT molecular complexity index is 1340. The van der Waals surface area contributed by atoms with E-state index in [2.05, 4.69) is 4.98 Å². The number of halogens is 1. The van der Waals surface area contributed by atoms with Gasteiger partial charge in [-0.1, -0.05) is 48.0 Å². The van der Waals surface area contributed by atoms with E-state index in [1.54, 1.807) is 12.1 Å². The predicted octanol–water partition coefficient (Wildman–Crippen LogP) is 5.09. The molecule has 3 aromatic carbocycles. The highest BCUT2D eigenvalue weighted by molar-refractivity contribution is 7.89. The summed E-state index contributed by atoms with van der Waals surface area (Å²) < 4.78 is 28.7. The van der Waals surface area contributed by atoms with E-state index in [9.17, 15) is 8.42 Å². The van der Waals surface area contributed by atoms with Crippen molar-refractivity contribution in [2.45, 2.75) is 18.4 Å².